The molecule has 0 amide bonds. The Hall–Kier alpha value is -1.42. The molecule has 1 aromatic carbocycles. The molecular formula is C12H11N3S. The molecule has 2 bridgehead atoms. The number of aromatic nitrogens is 2. The van der Waals surface area contributed by atoms with Crippen molar-refractivity contribution in [3.63, 3.8) is 0 Å². The summed E-state index contributed by atoms with van der Waals surface area (Å²) in [6, 6.07) is 9.86. The quantitative estimate of drug-likeness (QED) is 0.753. The van der Waals surface area contributed by atoms with Gasteiger partial charge in [0.25, 0.3) is 0 Å². The summed E-state index contributed by atoms with van der Waals surface area (Å²) < 4.78 is 0. The molecule has 3 heterocycles. The zero-order valence-electron chi connectivity index (χ0n) is 8.71. The number of benzene rings is 1. The first-order valence-corrected chi connectivity index (χ1v) is 6.46. The minimum Gasteiger partial charge on any atom is -0.333 e. The first kappa shape index (κ1) is 8.70. The first-order valence-electron chi connectivity index (χ1n) is 5.58. The Morgan fingerprint density at radius 2 is 1.81 bits per heavy atom. The molecule has 0 saturated carbocycles. The van der Waals surface area contributed by atoms with Crippen molar-refractivity contribution in [2.75, 3.05) is 4.90 Å². The summed E-state index contributed by atoms with van der Waals surface area (Å²) in [6.45, 7) is 0. The van der Waals surface area contributed by atoms with Crippen LogP contribution in [0.5, 0.6) is 0 Å². The van der Waals surface area contributed by atoms with E-state index in [1.165, 1.54) is 24.0 Å². The predicted octanol–water partition coefficient (Wildman–Crippen LogP) is 2.93. The van der Waals surface area contributed by atoms with Crippen molar-refractivity contribution in [3.8, 4) is 0 Å². The van der Waals surface area contributed by atoms with Gasteiger partial charge in [-0.05, 0) is 24.0 Å². The summed E-state index contributed by atoms with van der Waals surface area (Å²) in [4.78, 5) is 2.45. The zero-order chi connectivity index (χ0) is 10.5. The third kappa shape index (κ3) is 0.976. The highest BCUT2D eigenvalue weighted by atomic mass is 32.1. The van der Waals surface area contributed by atoms with Crippen LogP contribution in [0.3, 0.4) is 0 Å². The number of hydrogen-bond donors (Lipinski definition) is 0. The lowest BCUT2D eigenvalue weighted by atomic mass is 9.92. The van der Waals surface area contributed by atoms with E-state index in [1.54, 1.807) is 11.3 Å². The molecule has 2 unspecified atom stereocenters. The Bertz CT molecular complexity index is 492. The van der Waals surface area contributed by atoms with E-state index in [9.17, 15) is 0 Å². The summed E-state index contributed by atoms with van der Waals surface area (Å²) in [7, 11) is 0. The number of anilines is 1. The van der Waals surface area contributed by atoms with Crippen molar-refractivity contribution in [1.82, 2.24) is 10.2 Å². The topological polar surface area (TPSA) is 29.0 Å². The lowest BCUT2D eigenvalue weighted by molar-refractivity contribution is 0.717. The highest BCUT2D eigenvalue weighted by Crippen LogP contribution is 2.54. The molecule has 2 aromatic rings. The number of fused-ring (bicyclic) bond motifs is 5. The summed E-state index contributed by atoms with van der Waals surface area (Å²) in [5.74, 6) is 0. The molecule has 80 valence electrons. The van der Waals surface area contributed by atoms with Crippen LogP contribution in [0.15, 0.2) is 29.8 Å². The molecule has 2 aliphatic rings. The molecule has 2 aliphatic heterocycles. The van der Waals surface area contributed by atoms with Crippen molar-refractivity contribution < 1.29 is 0 Å². The third-order valence-corrected chi connectivity index (χ3v) is 4.37. The molecule has 3 nitrogen and oxygen atoms in total. The minimum absolute atomic E-state index is 0.536. The Balaban J connectivity index is 1.86. The summed E-state index contributed by atoms with van der Waals surface area (Å²) in [6.07, 6.45) is 2.50. The van der Waals surface area contributed by atoms with Gasteiger partial charge in [0.05, 0.1) is 12.1 Å². The van der Waals surface area contributed by atoms with Gasteiger partial charge < -0.3 is 4.90 Å². The highest BCUT2D eigenvalue weighted by Gasteiger charge is 2.44. The number of rotatable bonds is 1. The van der Waals surface area contributed by atoms with Gasteiger partial charge in [-0.3, -0.25) is 0 Å². The van der Waals surface area contributed by atoms with E-state index >= 15 is 0 Å². The van der Waals surface area contributed by atoms with E-state index in [0.29, 0.717) is 12.1 Å². The van der Waals surface area contributed by atoms with Gasteiger partial charge >= 0.3 is 0 Å². The van der Waals surface area contributed by atoms with E-state index in [2.05, 4.69) is 39.4 Å². The molecule has 1 saturated heterocycles. The molecule has 16 heavy (non-hydrogen) atoms. The lowest BCUT2D eigenvalue weighted by Gasteiger charge is -2.20. The Morgan fingerprint density at radius 1 is 1.12 bits per heavy atom. The van der Waals surface area contributed by atoms with E-state index in [1.807, 2.05) is 5.51 Å². The van der Waals surface area contributed by atoms with Crippen LogP contribution in [0.2, 0.25) is 0 Å². The van der Waals surface area contributed by atoms with E-state index in [0.717, 1.165) is 5.13 Å². The van der Waals surface area contributed by atoms with Crippen molar-refractivity contribution in [2.45, 2.75) is 24.9 Å². The molecule has 0 aliphatic carbocycles. The van der Waals surface area contributed by atoms with Crippen molar-refractivity contribution in [3.05, 3.63) is 40.9 Å². The molecule has 4 rings (SSSR count). The van der Waals surface area contributed by atoms with Crippen LogP contribution in [0.25, 0.3) is 0 Å². The van der Waals surface area contributed by atoms with Crippen LogP contribution < -0.4 is 4.90 Å². The normalized spacial score (nSPS) is 26.1. The molecule has 2 atom stereocenters. The zero-order valence-corrected chi connectivity index (χ0v) is 9.52. The van der Waals surface area contributed by atoms with Gasteiger partial charge in [0.1, 0.15) is 5.51 Å². The lowest BCUT2D eigenvalue weighted by Crippen LogP contribution is -2.18. The van der Waals surface area contributed by atoms with Crippen LogP contribution in [-0.2, 0) is 0 Å². The van der Waals surface area contributed by atoms with Gasteiger partial charge in [-0.1, -0.05) is 35.6 Å². The van der Waals surface area contributed by atoms with Gasteiger partial charge in [0.2, 0.25) is 5.13 Å². The molecule has 4 heteroatoms. The summed E-state index contributed by atoms with van der Waals surface area (Å²) in [5.41, 5.74) is 4.81. The van der Waals surface area contributed by atoms with Gasteiger partial charge in [0, 0.05) is 0 Å². The van der Waals surface area contributed by atoms with Crippen LogP contribution in [0.4, 0.5) is 5.13 Å². The Morgan fingerprint density at radius 3 is 2.38 bits per heavy atom. The van der Waals surface area contributed by atoms with Crippen LogP contribution in [0, 0.1) is 0 Å². The second kappa shape index (κ2) is 3.04. The standard InChI is InChI=1S/C12H11N3S/c1-2-4-9-8(3-1)10-5-6-11(9)15(10)12-14-13-7-16-12/h1-4,7,10-11H,5-6H2. The third-order valence-electron chi connectivity index (χ3n) is 3.67. The van der Waals surface area contributed by atoms with Gasteiger partial charge in [-0.2, -0.15) is 0 Å². The maximum absolute atomic E-state index is 4.22. The molecule has 0 N–H and O–H groups in total. The average Bonchev–Trinajstić information content (AvgIpc) is 3.03. The molecule has 0 spiro atoms. The minimum atomic E-state index is 0.536. The highest BCUT2D eigenvalue weighted by molar-refractivity contribution is 7.13. The van der Waals surface area contributed by atoms with Crippen molar-refractivity contribution in [2.24, 2.45) is 0 Å². The second-order valence-corrected chi connectivity index (χ2v) is 5.18. The van der Waals surface area contributed by atoms with Gasteiger partial charge in [0.15, 0.2) is 0 Å². The predicted molar refractivity (Wildman–Crippen MR) is 63.5 cm³/mol. The second-order valence-electron chi connectivity index (χ2n) is 4.37. The van der Waals surface area contributed by atoms with E-state index in [4.69, 9.17) is 0 Å². The van der Waals surface area contributed by atoms with Gasteiger partial charge in [-0.15, -0.1) is 10.2 Å². The van der Waals surface area contributed by atoms with Crippen molar-refractivity contribution >= 4 is 16.5 Å². The van der Waals surface area contributed by atoms with E-state index in [-0.39, 0.29) is 0 Å². The van der Waals surface area contributed by atoms with Crippen LogP contribution in [-0.4, -0.2) is 10.2 Å². The largest absolute Gasteiger partial charge is 0.333 e. The van der Waals surface area contributed by atoms with Gasteiger partial charge in [-0.25, -0.2) is 0 Å². The fourth-order valence-electron chi connectivity index (χ4n) is 3.09. The molecule has 0 radical (unpaired) electrons. The average molecular weight is 229 g/mol. The molecule has 1 aromatic heterocycles. The maximum Gasteiger partial charge on any atom is 0.209 e. The SMILES string of the molecule is c1ccc2c(c1)C1CCC2N1c1nncs1. The number of nitrogens with zero attached hydrogens (tertiary/aromatic N) is 3. The fourth-order valence-corrected chi connectivity index (χ4v) is 3.75. The van der Waals surface area contributed by atoms with Crippen LogP contribution in [0.1, 0.15) is 36.1 Å². The maximum atomic E-state index is 4.22. The fraction of sp³-hybridized carbons (Fsp3) is 0.333. The monoisotopic (exact) mass is 229 g/mol. The summed E-state index contributed by atoms with van der Waals surface area (Å²) >= 11 is 1.64. The molecule has 1 fully saturated rings. The molecular weight excluding hydrogens is 218 g/mol. The first-order chi connectivity index (χ1) is 7.95. The van der Waals surface area contributed by atoms with Crippen LogP contribution >= 0.6 is 11.3 Å². The smallest absolute Gasteiger partial charge is 0.209 e. The number of hydrogen-bond acceptors (Lipinski definition) is 4. The van der Waals surface area contributed by atoms with Crippen molar-refractivity contribution in [1.29, 1.82) is 0 Å². The Kier molecular flexibility index (Phi) is 1.65. The summed E-state index contributed by atoms with van der Waals surface area (Å²) in [5, 5.41) is 9.24. The Labute approximate surface area is 97.7 Å². The van der Waals surface area contributed by atoms with E-state index < -0.39 is 0 Å².